The van der Waals surface area contributed by atoms with E-state index in [1.165, 1.54) is 6.07 Å². The monoisotopic (exact) mass is 270 g/mol. The number of rotatable bonds is 4. The maximum Gasteiger partial charge on any atom is 0.137 e. The van der Waals surface area contributed by atoms with E-state index in [9.17, 15) is 4.39 Å². The van der Waals surface area contributed by atoms with E-state index in [4.69, 9.17) is 5.26 Å². The molecule has 0 bridgehead atoms. The fourth-order valence-electron chi connectivity index (χ4n) is 1.23. The molecule has 0 amide bonds. The van der Waals surface area contributed by atoms with Crippen molar-refractivity contribution in [3.05, 3.63) is 28.0 Å². The summed E-state index contributed by atoms with van der Waals surface area (Å²) in [7, 11) is 0. The quantitative estimate of drug-likeness (QED) is 0.849. The Labute approximate surface area is 97.2 Å². The van der Waals surface area contributed by atoms with Gasteiger partial charge < -0.3 is 5.32 Å². The number of hydrogen-bond acceptors (Lipinski definition) is 2. The number of nitrogens with zero attached hydrogens (tertiary/aromatic N) is 1. The molecule has 0 aliphatic heterocycles. The second kappa shape index (κ2) is 5.72. The molecule has 0 fully saturated rings. The molecule has 0 saturated carbocycles. The highest BCUT2D eigenvalue weighted by Gasteiger charge is 2.04. The zero-order chi connectivity index (χ0) is 11.3. The SMILES string of the molecule is Cc1cc(F)c(Br)cc1NCCCC#N. The highest BCUT2D eigenvalue weighted by atomic mass is 79.9. The van der Waals surface area contributed by atoms with Crippen LogP contribution >= 0.6 is 15.9 Å². The number of benzene rings is 1. The molecule has 0 unspecified atom stereocenters. The number of hydrogen-bond donors (Lipinski definition) is 1. The summed E-state index contributed by atoms with van der Waals surface area (Å²) in [5.74, 6) is -0.255. The molecule has 0 atom stereocenters. The van der Waals surface area contributed by atoms with Crippen molar-refractivity contribution >= 4 is 21.6 Å². The van der Waals surface area contributed by atoms with Gasteiger partial charge in [0.15, 0.2) is 0 Å². The molecule has 1 aromatic carbocycles. The predicted octanol–water partition coefficient (Wildman–Crippen LogP) is 3.61. The van der Waals surface area contributed by atoms with Crippen molar-refractivity contribution in [2.75, 3.05) is 11.9 Å². The third-order valence-electron chi connectivity index (χ3n) is 2.05. The summed E-state index contributed by atoms with van der Waals surface area (Å²) < 4.78 is 13.5. The first-order valence-corrected chi connectivity index (χ1v) is 5.51. The number of anilines is 1. The Kier molecular flexibility index (Phi) is 4.57. The van der Waals surface area contributed by atoms with Gasteiger partial charge in [-0.15, -0.1) is 0 Å². The molecule has 0 saturated heterocycles. The fourth-order valence-corrected chi connectivity index (χ4v) is 1.57. The second-order valence-electron chi connectivity index (χ2n) is 3.27. The van der Waals surface area contributed by atoms with Crippen LogP contribution in [0.4, 0.5) is 10.1 Å². The van der Waals surface area contributed by atoms with Gasteiger partial charge in [0, 0.05) is 18.7 Å². The molecule has 80 valence electrons. The molecular weight excluding hydrogens is 259 g/mol. The molecule has 1 aromatic rings. The number of halogens is 2. The minimum Gasteiger partial charge on any atom is -0.385 e. The molecule has 1 N–H and O–H groups in total. The van der Waals surface area contributed by atoms with Crippen molar-refractivity contribution in [1.29, 1.82) is 5.26 Å². The molecule has 0 aliphatic carbocycles. The summed E-state index contributed by atoms with van der Waals surface area (Å²) in [6.45, 7) is 2.58. The van der Waals surface area contributed by atoms with Crippen molar-refractivity contribution in [2.24, 2.45) is 0 Å². The van der Waals surface area contributed by atoms with Crippen LogP contribution in [0.5, 0.6) is 0 Å². The van der Waals surface area contributed by atoms with Crippen LogP contribution in [-0.2, 0) is 0 Å². The molecule has 2 nitrogen and oxygen atoms in total. The fraction of sp³-hybridized carbons (Fsp3) is 0.364. The Bertz CT molecular complexity index is 385. The Morgan fingerprint density at radius 1 is 1.53 bits per heavy atom. The van der Waals surface area contributed by atoms with Gasteiger partial charge in [-0.3, -0.25) is 0 Å². The van der Waals surface area contributed by atoms with Crippen LogP contribution < -0.4 is 5.32 Å². The molecule has 1 rings (SSSR count). The largest absolute Gasteiger partial charge is 0.385 e. The maximum absolute atomic E-state index is 13.1. The third-order valence-corrected chi connectivity index (χ3v) is 2.66. The van der Waals surface area contributed by atoms with E-state index in [0.717, 1.165) is 24.2 Å². The lowest BCUT2D eigenvalue weighted by Crippen LogP contribution is -2.03. The molecule has 4 heteroatoms. The van der Waals surface area contributed by atoms with Gasteiger partial charge in [0.25, 0.3) is 0 Å². The van der Waals surface area contributed by atoms with Crippen LogP contribution in [-0.4, -0.2) is 6.54 Å². The van der Waals surface area contributed by atoms with E-state index in [1.807, 2.05) is 6.92 Å². The van der Waals surface area contributed by atoms with E-state index in [0.29, 0.717) is 10.9 Å². The molecule has 0 aliphatic rings. The van der Waals surface area contributed by atoms with Gasteiger partial charge in [0.1, 0.15) is 5.82 Å². The number of unbranched alkanes of at least 4 members (excludes halogenated alkanes) is 1. The lowest BCUT2D eigenvalue weighted by molar-refractivity contribution is 0.620. The number of nitrogens with one attached hydrogen (secondary N) is 1. The lowest BCUT2D eigenvalue weighted by atomic mass is 10.2. The van der Waals surface area contributed by atoms with Gasteiger partial charge in [-0.1, -0.05) is 0 Å². The van der Waals surface area contributed by atoms with Crippen molar-refractivity contribution < 1.29 is 4.39 Å². The third kappa shape index (κ3) is 3.52. The topological polar surface area (TPSA) is 35.8 Å². The zero-order valence-corrected chi connectivity index (χ0v) is 10.1. The minimum atomic E-state index is -0.255. The van der Waals surface area contributed by atoms with Gasteiger partial charge in [-0.2, -0.15) is 5.26 Å². The average molecular weight is 271 g/mol. The lowest BCUT2D eigenvalue weighted by Gasteiger charge is -2.09. The van der Waals surface area contributed by atoms with E-state index >= 15 is 0 Å². The predicted molar refractivity (Wildman–Crippen MR) is 62.2 cm³/mol. The molecule has 0 spiro atoms. The van der Waals surface area contributed by atoms with Crippen molar-refractivity contribution in [2.45, 2.75) is 19.8 Å². The van der Waals surface area contributed by atoms with Crippen LogP contribution in [0, 0.1) is 24.1 Å². The van der Waals surface area contributed by atoms with Crippen LogP contribution in [0.3, 0.4) is 0 Å². The van der Waals surface area contributed by atoms with Crippen LogP contribution in [0.1, 0.15) is 18.4 Å². The minimum absolute atomic E-state index is 0.255. The summed E-state index contributed by atoms with van der Waals surface area (Å²) in [4.78, 5) is 0. The van der Waals surface area contributed by atoms with Gasteiger partial charge in [-0.05, 0) is 47.0 Å². The first-order chi connectivity index (χ1) is 7.15. The first kappa shape index (κ1) is 12.0. The Balaban J connectivity index is 2.62. The summed E-state index contributed by atoms with van der Waals surface area (Å²) in [5, 5.41) is 11.5. The van der Waals surface area contributed by atoms with Gasteiger partial charge in [0.2, 0.25) is 0 Å². The summed E-state index contributed by atoms with van der Waals surface area (Å²) in [6.07, 6.45) is 1.33. The van der Waals surface area contributed by atoms with E-state index < -0.39 is 0 Å². The first-order valence-electron chi connectivity index (χ1n) is 4.71. The van der Waals surface area contributed by atoms with Gasteiger partial charge in [-0.25, -0.2) is 4.39 Å². The Morgan fingerprint density at radius 3 is 2.93 bits per heavy atom. The summed E-state index contributed by atoms with van der Waals surface area (Å²) in [5.41, 5.74) is 1.77. The van der Waals surface area contributed by atoms with Crippen molar-refractivity contribution in [3.63, 3.8) is 0 Å². The number of aryl methyl sites for hydroxylation is 1. The van der Waals surface area contributed by atoms with Crippen LogP contribution in [0.2, 0.25) is 0 Å². The maximum atomic E-state index is 13.1. The van der Waals surface area contributed by atoms with E-state index in [-0.39, 0.29) is 5.82 Å². The highest BCUT2D eigenvalue weighted by molar-refractivity contribution is 9.10. The smallest absolute Gasteiger partial charge is 0.137 e. The Morgan fingerprint density at radius 2 is 2.27 bits per heavy atom. The van der Waals surface area contributed by atoms with E-state index in [2.05, 4.69) is 27.3 Å². The molecule has 0 radical (unpaired) electrons. The van der Waals surface area contributed by atoms with E-state index in [1.54, 1.807) is 6.07 Å². The van der Waals surface area contributed by atoms with Crippen molar-refractivity contribution in [3.8, 4) is 6.07 Å². The summed E-state index contributed by atoms with van der Waals surface area (Å²) in [6, 6.07) is 5.28. The molecule has 0 aromatic heterocycles. The molecule has 15 heavy (non-hydrogen) atoms. The Hall–Kier alpha value is -1.08. The second-order valence-corrected chi connectivity index (χ2v) is 4.12. The van der Waals surface area contributed by atoms with Crippen LogP contribution in [0.15, 0.2) is 16.6 Å². The molecular formula is C11H12BrFN2. The molecule has 0 heterocycles. The highest BCUT2D eigenvalue weighted by Crippen LogP contribution is 2.24. The van der Waals surface area contributed by atoms with Gasteiger partial charge in [0.05, 0.1) is 10.5 Å². The standard InChI is InChI=1S/C11H12BrFN2/c1-8-6-10(13)9(12)7-11(8)15-5-3-2-4-14/h6-7,15H,2-3,5H2,1H3. The van der Waals surface area contributed by atoms with Crippen molar-refractivity contribution in [1.82, 2.24) is 0 Å². The normalized spacial score (nSPS) is 9.73. The zero-order valence-electron chi connectivity index (χ0n) is 8.48. The van der Waals surface area contributed by atoms with Gasteiger partial charge >= 0.3 is 0 Å². The number of nitriles is 1. The summed E-state index contributed by atoms with van der Waals surface area (Å²) >= 11 is 3.14. The average Bonchev–Trinajstić information content (AvgIpc) is 2.20. The van der Waals surface area contributed by atoms with Crippen LogP contribution in [0.25, 0.3) is 0 Å².